The fourth-order valence-electron chi connectivity index (χ4n) is 2.84. The summed E-state index contributed by atoms with van der Waals surface area (Å²) in [5.41, 5.74) is 2.59. The Labute approximate surface area is 164 Å². The van der Waals surface area contributed by atoms with Gasteiger partial charge < -0.3 is 0 Å². The Kier molecular flexibility index (Phi) is 4.69. The van der Waals surface area contributed by atoms with Crippen molar-refractivity contribution in [3.05, 3.63) is 106 Å². The summed E-state index contributed by atoms with van der Waals surface area (Å²) in [7, 11) is 0. The van der Waals surface area contributed by atoms with E-state index in [-0.39, 0.29) is 11.7 Å². The lowest BCUT2D eigenvalue weighted by molar-refractivity contribution is -0.113. The van der Waals surface area contributed by atoms with E-state index >= 15 is 0 Å². The Bertz CT molecular complexity index is 1040. The molecule has 0 unspecified atom stereocenters. The standard InChI is InChI=1S/C22H14BrFN2O/c23-17-10-6-15(7-11-17)14-20-22(27)26(19-4-2-1-3-5-19)21(25-20)16-8-12-18(24)13-9-16/h1-14H/b20-14+. The predicted molar refractivity (Wildman–Crippen MR) is 109 cm³/mol. The zero-order valence-electron chi connectivity index (χ0n) is 14.1. The number of para-hydroxylation sites is 1. The number of halogens is 2. The Balaban J connectivity index is 1.81. The Morgan fingerprint density at radius 1 is 0.889 bits per heavy atom. The molecule has 1 aliphatic heterocycles. The fourth-order valence-corrected chi connectivity index (χ4v) is 3.11. The molecule has 0 spiro atoms. The van der Waals surface area contributed by atoms with Crippen molar-refractivity contribution in [2.75, 3.05) is 4.90 Å². The summed E-state index contributed by atoms with van der Waals surface area (Å²) in [4.78, 5) is 19.2. The number of amides is 1. The second kappa shape index (κ2) is 7.29. The minimum absolute atomic E-state index is 0.219. The first-order chi connectivity index (χ1) is 13.1. The van der Waals surface area contributed by atoms with Crippen molar-refractivity contribution in [2.45, 2.75) is 0 Å². The first-order valence-electron chi connectivity index (χ1n) is 8.33. The Morgan fingerprint density at radius 3 is 2.22 bits per heavy atom. The first kappa shape index (κ1) is 17.4. The van der Waals surface area contributed by atoms with Crippen LogP contribution in [0.1, 0.15) is 11.1 Å². The van der Waals surface area contributed by atoms with E-state index in [0.29, 0.717) is 22.8 Å². The third-order valence-electron chi connectivity index (χ3n) is 4.15. The summed E-state index contributed by atoms with van der Waals surface area (Å²) in [6.07, 6.45) is 1.75. The highest BCUT2D eigenvalue weighted by atomic mass is 79.9. The van der Waals surface area contributed by atoms with Crippen LogP contribution in [-0.4, -0.2) is 11.7 Å². The van der Waals surface area contributed by atoms with Crippen LogP contribution in [0.15, 0.2) is 94.0 Å². The first-order valence-corrected chi connectivity index (χ1v) is 9.12. The van der Waals surface area contributed by atoms with Crippen LogP contribution >= 0.6 is 15.9 Å². The van der Waals surface area contributed by atoms with E-state index in [1.54, 1.807) is 23.1 Å². The van der Waals surface area contributed by atoms with Gasteiger partial charge in [-0.1, -0.05) is 46.3 Å². The molecule has 5 heteroatoms. The molecule has 132 valence electrons. The van der Waals surface area contributed by atoms with Gasteiger partial charge in [0.2, 0.25) is 0 Å². The van der Waals surface area contributed by atoms with Crippen molar-refractivity contribution < 1.29 is 9.18 Å². The summed E-state index contributed by atoms with van der Waals surface area (Å²) in [5.74, 6) is -0.0708. The molecule has 1 heterocycles. The molecule has 0 fully saturated rings. The van der Waals surface area contributed by atoms with Crippen LogP contribution in [0, 0.1) is 5.82 Å². The maximum Gasteiger partial charge on any atom is 0.282 e. The van der Waals surface area contributed by atoms with Gasteiger partial charge >= 0.3 is 0 Å². The van der Waals surface area contributed by atoms with Gasteiger partial charge in [0.1, 0.15) is 17.3 Å². The molecule has 4 rings (SSSR count). The minimum atomic E-state index is -0.333. The van der Waals surface area contributed by atoms with Crippen LogP contribution in [0.25, 0.3) is 6.08 Å². The van der Waals surface area contributed by atoms with E-state index in [0.717, 1.165) is 10.0 Å². The van der Waals surface area contributed by atoms with Crippen LogP contribution in [0.4, 0.5) is 10.1 Å². The summed E-state index contributed by atoms with van der Waals surface area (Å²) in [5, 5.41) is 0. The van der Waals surface area contributed by atoms with Gasteiger partial charge in [-0.3, -0.25) is 9.69 Å². The van der Waals surface area contributed by atoms with Gasteiger partial charge in [0.15, 0.2) is 0 Å². The van der Waals surface area contributed by atoms with Crippen molar-refractivity contribution >= 4 is 39.4 Å². The van der Waals surface area contributed by atoms with E-state index < -0.39 is 0 Å². The molecule has 0 saturated carbocycles. The molecule has 1 aliphatic rings. The zero-order valence-corrected chi connectivity index (χ0v) is 15.7. The average molecular weight is 421 g/mol. The van der Waals surface area contributed by atoms with E-state index in [2.05, 4.69) is 20.9 Å². The third-order valence-corrected chi connectivity index (χ3v) is 4.68. The second-order valence-corrected chi connectivity index (χ2v) is 6.92. The number of hydrogen-bond acceptors (Lipinski definition) is 2. The molecule has 0 aliphatic carbocycles. The summed E-state index contributed by atoms with van der Waals surface area (Å²) >= 11 is 3.40. The highest BCUT2D eigenvalue weighted by Gasteiger charge is 2.32. The number of benzene rings is 3. The molecular formula is C22H14BrFN2O. The Hall–Kier alpha value is -3.05. The summed E-state index contributed by atoms with van der Waals surface area (Å²) < 4.78 is 14.3. The maximum absolute atomic E-state index is 13.3. The number of nitrogens with zero attached hydrogens (tertiary/aromatic N) is 2. The molecule has 1 amide bonds. The number of carbonyl (C=O) groups is 1. The van der Waals surface area contributed by atoms with Crippen molar-refractivity contribution in [1.82, 2.24) is 0 Å². The van der Waals surface area contributed by atoms with E-state index in [4.69, 9.17) is 0 Å². The lowest BCUT2D eigenvalue weighted by Crippen LogP contribution is -2.32. The number of anilines is 1. The number of hydrogen-bond donors (Lipinski definition) is 0. The normalized spacial score (nSPS) is 15.3. The largest absolute Gasteiger partial charge is 0.282 e. The molecule has 3 aromatic carbocycles. The number of rotatable bonds is 3. The van der Waals surface area contributed by atoms with Crippen molar-refractivity contribution in [3.63, 3.8) is 0 Å². The highest BCUT2D eigenvalue weighted by molar-refractivity contribution is 9.10. The van der Waals surface area contributed by atoms with Gasteiger partial charge in [0, 0.05) is 10.0 Å². The minimum Gasteiger partial charge on any atom is -0.266 e. The number of amidine groups is 1. The van der Waals surface area contributed by atoms with Crippen molar-refractivity contribution in [2.24, 2.45) is 4.99 Å². The smallest absolute Gasteiger partial charge is 0.266 e. The molecule has 0 N–H and O–H groups in total. The van der Waals surface area contributed by atoms with Gasteiger partial charge in [-0.15, -0.1) is 0 Å². The molecule has 0 atom stereocenters. The molecule has 0 radical (unpaired) electrons. The predicted octanol–water partition coefficient (Wildman–Crippen LogP) is 5.42. The SMILES string of the molecule is O=C1/C(=C\c2ccc(Br)cc2)N=C(c2ccc(F)cc2)N1c1ccccc1. The van der Waals surface area contributed by atoms with Crippen LogP contribution in [0.3, 0.4) is 0 Å². The maximum atomic E-state index is 13.3. The molecule has 0 aromatic heterocycles. The highest BCUT2D eigenvalue weighted by Crippen LogP contribution is 2.28. The molecule has 27 heavy (non-hydrogen) atoms. The summed E-state index contributed by atoms with van der Waals surface area (Å²) in [6.45, 7) is 0. The van der Waals surface area contributed by atoms with Crippen molar-refractivity contribution in [3.8, 4) is 0 Å². The van der Waals surface area contributed by atoms with E-state index in [1.807, 2.05) is 54.6 Å². The number of aliphatic imine (C=N–C) groups is 1. The molecule has 0 bridgehead atoms. The number of carbonyl (C=O) groups excluding carboxylic acids is 1. The quantitative estimate of drug-likeness (QED) is 0.520. The topological polar surface area (TPSA) is 32.7 Å². The van der Waals surface area contributed by atoms with Gasteiger partial charge in [-0.25, -0.2) is 9.38 Å². The zero-order chi connectivity index (χ0) is 18.8. The molecule has 3 nitrogen and oxygen atoms in total. The van der Waals surface area contributed by atoms with Gasteiger partial charge in [0.05, 0.1) is 5.69 Å². The van der Waals surface area contributed by atoms with Gasteiger partial charge in [-0.05, 0) is 60.2 Å². The Morgan fingerprint density at radius 2 is 1.56 bits per heavy atom. The summed E-state index contributed by atoms with van der Waals surface area (Å²) in [6, 6.07) is 22.9. The van der Waals surface area contributed by atoms with Crippen LogP contribution in [-0.2, 0) is 4.79 Å². The van der Waals surface area contributed by atoms with Crippen LogP contribution in [0.2, 0.25) is 0 Å². The van der Waals surface area contributed by atoms with E-state index in [9.17, 15) is 9.18 Å². The molecule has 0 saturated heterocycles. The lowest BCUT2D eigenvalue weighted by atomic mass is 10.1. The van der Waals surface area contributed by atoms with Gasteiger partial charge in [0.25, 0.3) is 5.91 Å². The van der Waals surface area contributed by atoms with Gasteiger partial charge in [-0.2, -0.15) is 0 Å². The molecule has 3 aromatic rings. The van der Waals surface area contributed by atoms with E-state index in [1.165, 1.54) is 12.1 Å². The second-order valence-electron chi connectivity index (χ2n) is 6.00. The average Bonchev–Trinajstić information content (AvgIpc) is 3.01. The molecular weight excluding hydrogens is 407 g/mol. The third kappa shape index (κ3) is 3.59. The lowest BCUT2D eigenvalue weighted by Gasteiger charge is -2.18. The van der Waals surface area contributed by atoms with Crippen molar-refractivity contribution in [1.29, 1.82) is 0 Å². The van der Waals surface area contributed by atoms with Crippen LogP contribution in [0.5, 0.6) is 0 Å². The monoisotopic (exact) mass is 420 g/mol. The van der Waals surface area contributed by atoms with Crippen LogP contribution < -0.4 is 4.90 Å². The fraction of sp³-hybridized carbons (Fsp3) is 0.